The van der Waals surface area contributed by atoms with E-state index >= 15 is 8.78 Å². The monoisotopic (exact) mass is 503 g/mol. The van der Waals surface area contributed by atoms with E-state index in [1.165, 1.54) is 11.8 Å². The van der Waals surface area contributed by atoms with Gasteiger partial charge in [-0.3, -0.25) is 14.3 Å². The molecule has 0 N–H and O–H groups in total. The first-order valence-corrected chi connectivity index (χ1v) is 11.7. The lowest BCUT2D eigenvalue weighted by Gasteiger charge is -2.51. The number of fused-ring (bicyclic) bond motifs is 1. The highest BCUT2D eigenvalue weighted by atomic mass is 19.1. The van der Waals surface area contributed by atoms with Gasteiger partial charge in [0.15, 0.2) is 11.6 Å². The first kappa shape index (κ1) is 24.2. The number of amides is 4. The van der Waals surface area contributed by atoms with E-state index in [0.717, 1.165) is 17.8 Å². The second kappa shape index (κ2) is 9.17. The Morgan fingerprint density at radius 2 is 1.65 bits per heavy atom. The van der Waals surface area contributed by atoms with Crippen LogP contribution in [0.2, 0.25) is 0 Å². The second-order valence-electron chi connectivity index (χ2n) is 9.19. The predicted molar refractivity (Wildman–Crippen MR) is 130 cm³/mol. The first-order chi connectivity index (χ1) is 17.7. The number of carbonyl (C=O) groups is 3. The number of rotatable bonds is 3. The number of hydrogen-bond acceptors (Lipinski definition) is 4. The zero-order valence-corrected chi connectivity index (χ0v) is 20.2. The molecule has 2 fully saturated rings. The second-order valence-corrected chi connectivity index (χ2v) is 9.19. The number of hydrogen-bond donors (Lipinski definition) is 0. The Morgan fingerprint density at radius 1 is 0.973 bits per heavy atom. The number of anilines is 1. The van der Waals surface area contributed by atoms with E-state index in [0.29, 0.717) is 10.5 Å². The summed E-state index contributed by atoms with van der Waals surface area (Å²) >= 11 is 0. The summed E-state index contributed by atoms with van der Waals surface area (Å²) in [6, 6.07) is 11.7. The molecule has 0 unspecified atom stereocenters. The van der Waals surface area contributed by atoms with Gasteiger partial charge in [0.2, 0.25) is 11.8 Å². The number of nitrogens with zero attached hydrogens (tertiary/aromatic N) is 5. The van der Waals surface area contributed by atoms with Crippen molar-refractivity contribution in [3.05, 3.63) is 83.2 Å². The van der Waals surface area contributed by atoms with Crippen molar-refractivity contribution < 1.29 is 23.2 Å². The molecule has 2 aliphatic rings. The SMILES string of the molecule is Cn1nccc1CN1CCN2C(=O)N(c3c(F)cc(C#Cc4ccccc4)cc3F)C(=O)C[C@@]2(C)C1=O. The normalized spacial score (nSPS) is 19.6. The molecule has 188 valence electrons. The van der Waals surface area contributed by atoms with Crippen LogP contribution in [0.5, 0.6) is 0 Å². The van der Waals surface area contributed by atoms with E-state index < -0.39 is 47.1 Å². The van der Waals surface area contributed by atoms with Crippen LogP contribution in [0.1, 0.15) is 30.2 Å². The standard InChI is InChI=1S/C27H23F2N5O3/c1-27-16-23(35)34(24-21(28)14-19(15-22(24)29)9-8-18-6-4-3-5-7-18)26(37)33(27)13-12-32(25(27)36)17-20-10-11-30-31(20)2/h3-7,10-11,14-15H,12-13,16-17H2,1-2H3/t27-/m0/s1. The molecule has 0 saturated carbocycles. The highest BCUT2D eigenvalue weighted by molar-refractivity contribution is 6.19. The Balaban J connectivity index is 1.41. The molecule has 0 radical (unpaired) electrons. The predicted octanol–water partition coefficient (Wildman–Crippen LogP) is 3.06. The maximum absolute atomic E-state index is 15.1. The van der Waals surface area contributed by atoms with Gasteiger partial charge in [-0.1, -0.05) is 30.0 Å². The highest BCUT2D eigenvalue weighted by Crippen LogP contribution is 2.37. The maximum atomic E-state index is 15.1. The van der Waals surface area contributed by atoms with Crippen molar-refractivity contribution in [3.63, 3.8) is 0 Å². The van der Waals surface area contributed by atoms with Crippen LogP contribution in [0.3, 0.4) is 0 Å². The molecule has 0 spiro atoms. The number of imide groups is 1. The third-order valence-corrected chi connectivity index (χ3v) is 6.75. The van der Waals surface area contributed by atoms with Crippen LogP contribution in [-0.2, 0) is 23.2 Å². The van der Waals surface area contributed by atoms with Crippen molar-refractivity contribution >= 4 is 23.5 Å². The molecule has 2 saturated heterocycles. The van der Waals surface area contributed by atoms with Crippen LogP contribution in [0.25, 0.3) is 0 Å². The number of benzene rings is 2. The minimum Gasteiger partial charge on any atom is -0.333 e. The third-order valence-electron chi connectivity index (χ3n) is 6.75. The van der Waals surface area contributed by atoms with E-state index in [-0.39, 0.29) is 25.2 Å². The first-order valence-electron chi connectivity index (χ1n) is 11.7. The summed E-state index contributed by atoms with van der Waals surface area (Å²) in [6.45, 7) is 2.07. The summed E-state index contributed by atoms with van der Waals surface area (Å²) < 4.78 is 31.9. The van der Waals surface area contributed by atoms with Gasteiger partial charge in [-0.25, -0.2) is 18.5 Å². The highest BCUT2D eigenvalue weighted by Gasteiger charge is 2.55. The van der Waals surface area contributed by atoms with Gasteiger partial charge in [-0.2, -0.15) is 5.10 Å². The van der Waals surface area contributed by atoms with Crippen molar-refractivity contribution in [1.29, 1.82) is 0 Å². The molecule has 37 heavy (non-hydrogen) atoms. The summed E-state index contributed by atoms with van der Waals surface area (Å²) in [5, 5.41) is 4.10. The molecular weight excluding hydrogens is 480 g/mol. The fourth-order valence-electron chi connectivity index (χ4n) is 4.74. The molecule has 1 atom stereocenters. The minimum atomic E-state index is -1.46. The number of urea groups is 1. The molecule has 1 aromatic heterocycles. The lowest BCUT2D eigenvalue weighted by Crippen LogP contribution is -2.72. The summed E-state index contributed by atoms with van der Waals surface area (Å²) in [4.78, 5) is 43.2. The quantitative estimate of drug-likeness (QED) is 0.515. The van der Waals surface area contributed by atoms with Gasteiger partial charge in [0, 0.05) is 37.5 Å². The van der Waals surface area contributed by atoms with Gasteiger partial charge < -0.3 is 9.80 Å². The Bertz CT molecular complexity index is 1450. The van der Waals surface area contributed by atoms with Crippen molar-refractivity contribution in [2.24, 2.45) is 7.05 Å². The van der Waals surface area contributed by atoms with Crippen molar-refractivity contribution in [2.75, 3.05) is 18.0 Å². The van der Waals surface area contributed by atoms with E-state index in [1.54, 1.807) is 53.2 Å². The number of halogens is 2. The summed E-state index contributed by atoms with van der Waals surface area (Å²) in [5.41, 5.74) is -0.717. The van der Waals surface area contributed by atoms with Gasteiger partial charge in [-0.05, 0) is 37.3 Å². The Morgan fingerprint density at radius 3 is 2.30 bits per heavy atom. The molecule has 0 bridgehead atoms. The van der Waals surface area contributed by atoms with E-state index in [2.05, 4.69) is 16.9 Å². The molecule has 3 heterocycles. The molecule has 10 heteroatoms. The van der Waals surface area contributed by atoms with Crippen molar-refractivity contribution in [1.82, 2.24) is 19.6 Å². The van der Waals surface area contributed by atoms with Crippen LogP contribution in [0, 0.1) is 23.5 Å². The molecular formula is C27H23F2N5O3. The summed E-state index contributed by atoms with van der Waals surface area (Å²) in [5.74, 6) is 2.05. The van der Waals surface area contributed by atoms with E-state index in [4.69, 9.17) is 0 Å². The Kier molecular flexibility index (Phi) is 5.99. The number of carbonyl (C=O) groups excluding carboxylic acids is 3. The fourth-order valence-corrected chi connectivity index (χ4v) is 4.74. The molecule has 2 aliphatic heterocycles. The molecule has 0 aliphatic carbocycles. The van der Waals surface area contributed by atoms with Gasteiger partial charge in [0.25, 0.3) is 0 Å². The lowest BCUT2D eigenvalue weighted by atomic mass is 9.88. The Hall–Kier alpha value is -4.52. The third kappa shape index (κ3) is 4.22. The molecule has 4 amide bonds. The van der Waals surface area contributed by atoms with Crippen LogP contribution in [0.15, 0.2) is 54.7 Å². The largest absolute Gasteiger partial charge is 0.333 e. The van der Waals surface area contributed by atoms with E-state index in [1.807, 2.05) is 6.07 Å². The number of aryl methyl sites for hydroxylation is 1. The van der Waals surface area contributed by atoms with E-state index in [9.17, 15) is 14.4 Å². The minimum absolute atomic E-state index is 0.0586. The fraction of sp³-hybridized carbons (Fsp3) is 0.259. The summed E-state index contributed by atoms with van der Waals surface area (Å²) in [6.07, 6.45) is 1.21. The molecule has 3 aromatic rings. The molecule has 5 rings (SSSR count). The molecule has 8 nitrogen and oxygen atoms in total. The van der Waals surface area contributed by atoms with Crippen molar-refractivity contribution in [3.8, 4) is 11.8 Å². The van der Waals surface area contributed by atoms with Gasteiger partial charge in [0.05, 0.1) is 18.7 Å². The van der Waals surface area contributed by atoms with Gasteiger partial charge >= 0.3 is 6.03 Å². The van der Waals surface area contributed by atoms with Gasteiger partial charge in [-0.15, -0.1) is 0 Å². The van der Waals surface area contributed by atoms with Crippen LogP contribution < -0.4 is 4.90 Å². The maximum Gasteiger partial charge on any atom is 0.332 e. The lowest BCUT2D eigenvalue weighted by molar-refractivity contribution is -0.152. The average molecular weight is 504 g/mol. The van der Waals surface area contributed by atoms with Gasteiger partial charge in [0.1, 0.15) is 11.2 Å². The van der Waals surface area contributed by atoms with Crippen LogP contribution in [0.4, 0.5) is 19.3 Å². The zero-order valence-electron chi connectivity index (χ0n) is 20.2. The summed E-state index contributed by atoms with van der Waals surface area (Å²) in [7, 11) is 1.75. The smallest absolute Gasteiger partial charge is 0.332 e. The van der Waals surface area contributed by atoms with Crippen LogP contribution in [-0.4, -0.2) is 56.1 Å². The Labute approximate surface area is 212 Å². The number of aromatic nitrogens is 2. The zero-order chi connectivity index (χ0) is 26.3. The average Bonchev–Trinajstić information content (AvgIpc) is 3.26. The topological polar surface area (TPSA) is 78.8 Å². The van der Waals surface area contributed by atoms with Crippen LogP contribution >= 0.6 is 0 Å². The molecule has 2 aromatic carbocycles. The number of piperazine rings is 1. The van der Waals surface area contributed by atoms with Crippen molar-refractivity contribution in [2.45, 2.75) is 25.4 Å².